The van der Waals surface area contributed by atoms with Gasteiger partial charge < -0.3 is 20.1 Å². The second kappa shape index (κ2) is 41.6. The lowest BCUT2D eigenvalue weighted by Crippen LogP contribution is -2.41. The minimum atomic E-state index is -5.38. The van der Waals surface area contributed by atoms with Crippen LogP contribution >= 0.6 is 12.4 Å². The van der Waals surface area contributed by atoms with E-state index in [9.17, 15) is 85.0 Å². The van der Waals surface area contributed by atoms with Gasteiger partial charge in [-0.25, -0.2) is 88.7 Å². The third-order valence-corrected chi connectivity index (χ3v) is 20.6. The van der Waals surface area contributed by atoms with Crippen LogP contribution in [0.25, 0.3) is 0 Å². The largest absolute Gasteiger partial charge is 0.478 e. The molecule has 0 radical (unpaired) electrons. The van der Waals surface area contributed by atoms with Crippen molar-refractivity contribution in [2.45, 2.75) is 112 Å². The fourth-order valence-corrected chi connectivity index (χ4v) is 13.8. The molecule has 10 N–H and O–H groups in total. The molecule has 0 aliphatic heterocycles. The standard InChI is InChI=1S/C29H28F5N3O5S.C29H27F5N2O5S.2C7H9NO.ClH.H3NO/c1-36(43(41,42)28-26(33)24(31)23(30)25(32)27(28)34)16-22(38)37(21-13-11-20(12-14-21)29(39)35-40)15-17-7-9-19(10-8-17)18-5-3-2-4-6-18;1-35(42(40,41)28-26(33)24(31)23(30)25(32)27(28)34)16-22(37)36(21-13-11-20(12-14-21)29(38)39)15-17-7-9-19(10-8-17)18-5-3-2-4-6-18;2*8-9-6-7-4-2-1-3-5-7;;1-2/h7-14,18,40H,2-6,15-16H2,1H3,(H,35,39);7-14,18H,2-6,15-16H2,1H3,(H,38,39);2*1-5H,6,8H2;1H;2H,1H2. The molecule has 2 aliphatic rings. The number of nitrogens with one attached hydrogen (secondary N) is 1. The summed E-state index contributed by atoms with van der Waals surface area (Å²) in [7, 11) is -9.23. The molecule has 0 atom stereocenters. The Morgan fingerprint density at radius 2 is 0.726 bits per heavy atom. The van der Waals surface area contributed by atoms with E-state index in [4.69, 9.17) is 22.2 Å². The zero-order valence-corrected chi connectivity index (χ0v) is 59.4. The Hall–Kier alpha value is -9.23. The Bertz CT molecular complexity index is 4350. The zero-order chi connectivity index (χ0) is 77.3. The van der Waals surface area contributed by atoms with Crippen LogP contribution in [0.1, 0.15) is 130 Å². The van der Waals surface area contributed by atoms with Gasteiger partial charge in [-0.3, -0.25) is 29.3 Å². The van der Waals surface area contributed by atoms with E-state index in [0.29, 0.717) is 36.2 Å². The van der Waals surface area contributed by atoms with Crippen molar-refractivity contribution in [2.75, 3.05) is 37.0 Å². The Morgan fingerprint density at radius 1 is 0.434 bits per heavy atom. The van der Waals surface area contributed by atoms with Crippen LogP contribution in [0.3, 0.4) is 0 Å². The highest BCUT2D eigenvalue weighted by atomic mass is 35.5. The summed E-state index contributed by atoms with van der Waals surface area (Å²) >= 11 is 0. The van der Waals surface area contributed by atoms with Crippen LogP contribution in [0.2, 0.25) is 0 Å². The summed E-state index contributed by atoms with van der Waals surface area (Å²) in [6.07, 6.45) is 11.2. The van der Waals surface area contributed by atoms with Crippen LogP contribution < -0.4 is 33.0 Å². The lowest BCUT2D eigenvalue weighted by Gasteiger charge is -2.27. The number of carbonyl (C=O) groups is 4. The number of carboxylic acid groups (broad SMARTS) is 1. The molecular formula is C72H77ClF10N8O13S2. The molecule has 10 rings (SSSR count). The van der Waals surface area contributed by atoms with Gasteiger partial charge in [0.1, 0.15) is 0 Å². The van der Waals surface area contributed by atoms with E-state index >= 15 is 0 Å². The van der Waals surface area contributed by atoms with Crippen LogP contribution in [-0.2, 0) is 65.6 Å². The second-order valence-electron chi connectivity index (χ2n) is 23.9. The monoisotopic (exact) mass is 1550 g/mol. The van der Waals surface area contributed by atoms with Gasteiger partial charge in [0.2, 0.25) is 43.5 Å². The maximum Gasteiger partial charge on any atom is 0.335 e. The van der Waals surface area contributed by atoms with Crippen molar-refractivity contribution in [3.8, 4) is 0 Å². The van der Waals surface area contributed by atoms with Gasteiger partial charge in [-0.15, -0.1) is 12.4 Å². The van der Waals surface area contributed by atoms with E-state index in [1.165, 1.54) is 66.9 Å². The first-order chi connectivity index (χ1) is 50.0. The number of nitrogens with two attached hydrogens (primary N) is 3. The number of amides is 3. The van der Waals surface area contributed by atoms with Gasteiger partial charge in [-0.05, 0) is 119 Å². The Kier molecular flexibility index (Phi) is 34.3. The molecule has 572 valence electrons. The molecule has 0 bridgehead atoms. The number of rotatable bonds is 22. The van der Waals surface area contributed by atoms with Gasteiger partial charge in [-0.2, -0.15) is 8.61 Å². The van der Waals surface area contributed by atoms with E-state index in [2.05, 4.69) is 15.6 Å². The Morgan fingerprint density at radius 3 is 1.01 bits per heavy atom. The number of halogens is 11. The third-order valence-electron chi connectivity index (χ3n) is 16.9. The third kappa shape index (κ3) is 22.9. The first-order valence-electron chi connectivity index (χ1n) is 32.1. The molecule has 2 fully saturated rings. The van der Waals surface area contributed by atoms with Gasteiger partial charge >= 0.3 is 5.97 Å². The van der Waals surface area contributed by atoms with Crippen LogP contribution in [0, 0.1) is 58.2 Å². The molecule has 2 aliphatic carbocycles. The van der Waals surface area contributed by atoms with Crippen LogP contribution in [0.4, 0.5) is 55.3 Å². The zero-order valence-electron chi connectivity index (χ0n) is 56.9. The van der Waals surface area contributed by atoms with Crippen molar-refractivity contribution in [3.63, 3.8) is 0 Å². The van der Waals surface area contributed by atoms with Crippen LogP contribution in [0.15, 0.2) is 168 Å². The quantitative estimate of drug-likeness (QED) is 0.0109. The van der Waals surface area contributed by atoms with E-state index < -0.39 is 125 Å². The summed E-state index contributed by atoms with van der Waals surface area (Å²) in [6.45, 7) is -1.29. The molecule has 106 heavy (non-hydrogen) atoms. The van der Waals surface area contributed by atoms with Crippen molar-refractivity contribution in [2.24, 2.45) is 17.7 Å². The maximum atomic E-state index is 14.3. The first-order valence-corrected chi connectivity index (χ1v) is 35.0. The number of benzene rings is 8. The average Bonchev–Trinajstić information content (AvgIpc) is 0.764. The highest BCUT2D eigenvalue weighted by Gasteiger charge is 2.39. The molecule has 0 unspecified atom stereocenters. The molecule has 0 spiro atoms. The number of nitrogens with zero attached hydrogens (tertiary/aromatic N) is 4. The van der Waals surface area contributed by atoms with E-state index in [1.54, 1.807) is 0 Å². The molecule has 8 aromatic rings. The minimum Gasteiger partial charge on any atom is -0.478 e. The van der Waals surface area contributed by atoms with Gasteiger partial charge in [0.15, 0.2) is 56.3 Å². The number of carbonyl (C=O) groups excluding carboxylic acids is 3. The SMILES string of the molecule is CN(CC(=O)N(Cc1ccc(C2CCCCC2)cc1)c1ccc(C(=O)NO)cc1)S(=O)(=O)c1c(F)c(F)c(F)c(F)c1F.CN(CC(=O)N(Cc1ccc(C2CCCCC2)cc1)c1ccc(C(=O)O)cc1)S(=O)(=O)c1c(F)c(F)c(F)c(F)c1F.Cl.NO.NOCc1ccccc1.NOCc1ccccc1. The van der Waals surface area contributed by atoms with Gasteiger partial charge in [0.25, 0.3) is 5.91 Å². The molecule has 2 saturated carbocycles. The summed E-state index contributed by atoms with van der Waals surface area (Å²) < 4.78 is 191. The fraction of sp³-hybridized carbons (Fsp3) is 0.278. The fourth-order valence-electron chi connectivity index (χ4n) is 11.3. The van der Waals surface area contributed by atoms with Crippen LogP contribution in [-0.4, -0.2) is 91.8 Å². The van der Waals surface area contributed by atoms with Crippen molar-refractivity contribution in [3.05, 3.63) is 260 Å². The number of carboxylic acids is 1. The molecule has 34 heteroatoms. The number of hydroxylamine groups is 1. The van der Waals surface area contributed by atoms with E-state index in [1.807, 2.05) is 109 Å². The predicted octanol–water partition coefficient (Wildman–Crippen LogP) is 13.3. The molecule has 21 nitrogen and oxygen atoms in total. The Labute approximate surface area is 611 Å². The lowest BCUT2D eigenvalue weighted by molar-refractivity contribution is -0.119. The van der Waals surface area contributed by atoms with Gasteiger partial charge in [0.05, 0.1) is 45.0 Å². The second-order valence-corrected chi connectivity index (χ2v) is 27.8. The predicted molar refractivity (Wildman–Crippen MR) is 372 cm³/mol. The highest BCUT2D eigenvalue weighted by Crippen LogP contribution is 2.36. The van der Waals surface area contributed by atoms with Gasteiger partial charge in [0, 0.05) is 31.0 Å². The topological polar surface area (TPSA) is 319 Å². The molecule has 3 amide bonds. The van der Waals surface area contributed by atoms with Gasteiger partial charge in [-0.1, -0.05) is 148 Å². The number of anilines is 2. The number of sulfonamides is 2. The van der Waals surface area contributed by atoms with Crippen LogP contribution in [0.5, 0.6) is 0 Å². The summed E-state index contributed by atoms with van der Waals surface area (Å²) in [6, 6.07) is 45.1. The molecular weight excluding hydrogens is 1470 g/mol. The number of aromatic carboxylic acids is 1. The molecule has 0 saturated heterocycles. The number of hydrogen-bond acceptors (Lipinski definition) is 15. The van der Waals surface area contributed by atoms with E-state index in [-0.39, 0.29) is 56.6 Å². The Balaban J connectivity index is 0.000000299. The summed E-state index contributed by atoms with van der Waals surface area (Å²) in [4.78, 5) is 56.9. The lowest BCUT2D eigenvalue weighted by atomic mass is 9.84. The summed E-state index contributed by atoms with van der Waals surface area (Å²) in [5.74, 6) is -14.8. The average molecular weight is 1550 g/mol. The van der Waals surface area contributed by atoms with Crippen molar-refractivity contribution in [1.82, 2.24) is 14.1 Å². The molecule has 0 heterocycles. The minimum absolute atomic E-state index is 0. The van der Waals surface area contributed by atoms with Crippen molar-refractivity contribution < 1.29 is 105 Å². The smallest absolute Gasteiger partial charge is 0.335 e. The normalized spacial score (nSPS) is 13.0. The molecule has 0 aromatic heterocycles. The highest BCUT2D eigenvalue weighted by molar-refractivity contribution is 7.89. The van der Waals surface area contributed by atoms with E-state index in [0.717, 1.165) is 97.5 Å². The number of likely N-dealkylation sites (N-methyl/N-ethyl adjacent to an activating group) is 2. The maximum absolute atomic E-state index is 14.3. The molecule has 8 aromatic carbocycles. The number of hydrogen-bond donors (Lipinski definition) is 7. The van der Waals surface area contributed by atoms with Crippen molar-refractivity contribution >= 4 is 67.5 Å². The summed E-state index contributed by atoms with van der Waals surface area (Å²) in [5, 5.41) is 24.6. The van der Waals surface area contributed by atoms with Crippen molar-refractivity contribution in [1.29, 1.82) is 0 Å². The summed E-state index contributed by atoms with van der Waals surface area (Å²) in [5.41, 5.74) is 7.60. The first kappa shape index (κ1) is 87.4.